The topological polar surface area (TPSA) is 53.5 Å². The van der Waals surface area contributed by atoms with Gasteiger partial charge in [0, 0.05) is 19.8 Å². The summed E-state index contributed by atoms with van der Waals surface area (Å²) in [6.07, 6.45) is 1.52. The summed E-state index contributed by atoms with van der Waals surface area (Å²) in [5, 5.41) is 7.49. The number of benzene rings is 2. The molecule has 0 atom stereocenters. The van der Waals surface area contributed by atoms with E-state index in [0.29, 0.717) is 5.02 Å². The van der Waals surface area contributed by atoms with Gasteiger partial charge in [-0.2, -0.15) is 5.10 Å². The van der Waals surface area contributed by atoms with Crippen molar-refractivity contribution in [2.24, 2.45) is 5.10 Å². The van der Waals surface area contributed by atoms with Crippen LogP contribution in [-0.2, 0) is 4.79 Å². The van der Waals surface area contributed by atoms with E-state index >= 15 is 0 Å². The number of carbonyl (C=O) groups excluding carboxylic acids is 1. The SMILES string of the molecule is O=C(CNc1ccc(I)cc1)N/N=C/c1ccccc1Cl. The highest BCUT2D eigenvalue weighted by Gasteiger charge is 2.00. The zero-order valence-electron chi connectivity index (χ0n) is 11.0. The van der Waals surface area contributed by atoms with Crippen LogP contribution in [0.15, 0.2) is 53.6 Å². The number of hydrogen-bond donors (Lipinski definition) is 2. The van der Waals surface area contributed by atoms with Crippen molar-refractivity contribution in [2.75, 3.05) is 11.9 Å². The van der Waals surface area contributed by atoms with E-state index in [0.717, 1.165) is 14.8 Å². The second-order valence-electron chi connectivity index (χ2n) is 4.18. The average Bonchev–Trinajstić information content (AvgIpc) is 2.49. The number of nitrogens with zero attached hydrogens (tertiary/aromatic N) is 1. The molecule has 0 aliphatic heterocycles. The van der Waals surface area contributed by atoms with Gasteiger partial charge in [-0.25, -0.2) is 5.43 Å². The highest BCUT2D eigenvalue weighted by Crippen LogP contribution is 2.12. The monoisotopic (exact) mass is 413 g/mol. The van der Waals surface area contributed by atoms with Crippen molar-refractivity contribution in [2.45, 2.75) is 0 Å². The lowest BCUT2D eigenvalue weighted by atomic mass is 10.2. The number of rotatable bonds is 5. The molecule has 2 N–H and O–H groups in total. The van der Waals surface area contributed by atoms with E-state index < -0.39 is 0 Å². The molecule has 6 heteroatoms. The maximum absolute atomic E-state index is 11.6. The van der Waals surface area contributed by atoms with Gasteiger partial charge < -0.3 is 5.32 Å². The van der Waals surface area contributed by atoms with Crippen molar-refractivity contribution in [1.82, 2.24) is 5.43 Å². The summed E-state index contributed by atoms with van der Waals surface area (Å²) in [7, 11) is 0. The number of anilines is 1. The minimum absolute atomic E-state index is 0.153. The number of carbonyl (C=O) groups is 1. The van der Waals surface area contributed by atoms with Gasteiger partial charge in [0.2, 0.25) is 0 Å². The van der Waals surface area contributed by atoms with Crippen LogP contribution in [0, 0.1) is 3.57 Å². The Balaban J connectivity index is 1.80. The second-order valence-corrected chi connectivity index (χ2v) is 5.83. The first-order valence-corrected chi connectivity index (χ1v) is 7.67. The Morgan fingerprint density at radius 3 is 2.62 bits per heavy atom. The molecule has 2 aromatic carbocycles. The van der Waals surface area contributed by atoms with Gasteiger partial charge in [0.05, 0.1) is 12.8 Å². The zero-order chi connectivity index (χ0) is 15.1. The van der Waals surface area contributed by atoms with Gasteiger partial charge in [0.15, 0.2) is 0 Å². The van der Waals surface area contributed by atoms with E-state index in [2.05, 4.69) is 38.4 Å². The predicted octanol–water partition coefficient (Wildman–Crippen LogP) is 3.51. The fourth-order valence-electron chi connectivity index (χ4n) is 1.54. The highest BCUT2D eigenvalue weighted by molar-refractivity contribution is 14.1. The largest absolute Gasteiger partial charge is 0.376 e. The van der Waals surface area contributed by atoms with Crippen LogP contribution >= 0.6 is 34.2 Å². The van der Waals surface area contributed by atoms with E-state index in [4.69, 9.17) is 11.6 Å². The lowest BCUT2D eigenvalue weighted by molar-refractivity contribution is -0.119. The molecule has 0 radical (unpaired) electrons. The summed E-state index contributed by atoms with van der Waals surface area (Å²) in [6, 6.07) is 15.1. The van der Waals surface area contributed by atoms with Crippen LogP contribution in [0.2, 0.25) is 5.02 Å². The minimum Gasteiger partial charge on any atom is -0.376 e. The molecule has 21 heavy (non-hydrogen) atoms. The lowest BCUT2D eigenvalue weighted by Crippen LogP contribution is -2.25. The number of hydrazone groups is 1. The maximum atomic E-state index is 11.6. The van der Waals surface area contributed by atoms with Crippen molar-refractivity contribution in [3.63, 3.8) is 0 Å². The molecule has 0 saturated heterocycles. The molecule has 108 valence electrons. The van der Waals surface area contributed by atoms with Gasteiger partial charge in [0.1, 0.15) is 0 Å². The second kappa shape index (κ2) is 7.99. The van der Waals surface area contributed by atoms with Crippen LogP contribution in [-0.4, -0.2) is 18.7 Å². The van der Waals surface area contributed by atoms with Crippen LogP contribution < -0.4 is 10.7 Å². The Bertz CT molecular complexity index is 644. The third-order valence-electron chi connectivity index (χ3n) is 2.60. The first-order chi connectivity index (χ1) is 10.1. The van der Waals surface area contributed by atoms with Crippen LogP contribution in [0.1, 0.15) is 5.56 Å². The van der Waals surface area contributed by atoms with Crippen molar-refractivity contribution in [3.05, 3.63) is 62.7 Å². The molecule has 0 aliphatic carbocycles. The Kier molecular flexibility index (Phi) is 6.01. The zero-order valence-corrected chi connectivity index (χ0v) is 13.9. The molecule has 1 amide bonds. The van der Waals surface area contributed by atoms with Crippen LogP contribution in [0.5, 0.6) is 0 Å². The number of hydrogen-bond acceptors (Lipinski definition) is 3. The number of amides is 1. The van der Waals surface area contributed by atoms with Gasteiger partial charge in [-0.05, 0) is 52.9 Å². The molecule has 0 aromatic heterocycles. The smallest absolute Gasteiger partial charge is 0.259 e. The van der Waals surface area contributed by atoms with E-state index in [1.807, 2.05) is 42.5 Å². The molecule has 0 bridgehead atoms. The molecule has 0 fully saturated rings. The molecule has 0 saturated carbocycles. The summed E-state index contributed by atoms with van der Waals surface area (Å²) < 4.78 is 1.15. The molecule has 0 spiro atoms. The maximum Gasteiger partial charge on any atom is 0.259 e. The Morgan fingerprint density at radius 2 is 1.90 bits per heavy atom. The molecule has 2 aromatic rings. The number of nitrogens with one attached hydrogen (secondary N) is 2. The van der Waals surface area contributed by atoms with Crippen molar-refractivity contribution < 1.29 is 4.79 Å². The van der Waals surface area contributed by atoms with Gasteiger partial charge in [-0.15, -0.1) is 0 Å². The lowest BCUT2D eigenvalue weighted by Gasteiger charge is -2.05. The molecule has 4 nitrogen and oxygen atoms in total. The van der Waals surface area contributed by atoms with Gasteiger partial charge in [-0.3, -0.25) is 4.79 Å². The fourth-order valence-corrected chi connectivity index (χ4v) is 2.09. The summed E-state index contributed by atoms with van der Waals surface area (Å²) in [4.78, 5) is 11.6. The van der Waals surface area contributed by atoms with Crippen molar-refractivity contribution in [3.8, 4) is 0 Å². The van der Waals surface area contributed by atoms with Crippen molar-refractivity contribution >= 4 is 52.0 Å². The third-order valence-corrected chi connectivity index (χ3v) is 3.66. The van der Waals surface area contributed by atoms with Crippen LogP contribution in [0.25, 0.3) is 0 Å². The average molecular weight is 414 g/mol. The Hall–Kier alpha value is -1.60. The van der Waals surface area contributed by atoms with Crippen molar-refractivity contribution in [1.29, 1.82) is 0 Å². The molecular formula is C15H13ClIN3O. The minimum atomic E-state index is -0.225. The van der Waals surface area contributed by atoms with Gasteiger partial charge >= 0.3 is 0 Å². The number of halogens is 2. The first-order valence-electron chi connectivity index (χ1n) is 6.21. The molecule has 0 heterocycles. The van der Waals surface area contributed by atoms with Gasteiger partial charge in [0.25, 0.3) is 5.91 Å². The summed E-state index contributed by atoms with van der Waals surface area (Å²) in [6.45, 7) is 0.153. The van der Waals surface area contributed by atoms with E-state index in [9.17, 15) is 4.79 Å². The predicted molar refractivity (Wildman–Crippen MR) is 94.8 cm³/mol. The normalized spacial score (nSPS) is 10.6. The molecule has 2 rings (SSSR count). The Morgan fingerprint density at radius 1 is 1.19 bits per heavy atom. The first kappa shape index (κ1) is 15.8. The van der Waals surface area contributed by atoms with Crippen LogP contribution in [0.3, 0.4) is 0 Å². The summed E-state index contributed by atoms with van der Waals surface area (Å²) in [5.74, 6) is -0.225. The standard InChI is InChI=1S/C15H13ClIN3O/c16-14-4-2-1-3-11(14)9-19-20-15(21)10-18-13-7-5-12(17)6-8-13/h1-9,18H,10H2,(H,20,21)/b19-9+. The molecule has 0 unspecified atom stereocenters. The van der Waals surface area contributed by atoms with Gasteiger partial charge in [-0.1, -0.05) is 29.8 Å². The summed E-state index contributed by atoms with van der Waals surface area (Å²) in [5.41, 5.74) is 4.09. The fraction of sp³-hybridized carbons (Fsp3) is 0.0667. The highest BCUT2D eigenvalue weighted by atomic mass is 127. The quantitative estimate of drug-likeness (QED) is 0.448. The molecule has 0 aliphatic rings. The van der Waals surface area contributed by atoms with E-state index in [1.165, 1.54) is 6.21 Å². The third kappa shape index (κ3) is 5.35. The van der Waals surface area contributed by atoms with E-state index in [1.54, 1.807) is 6.07 Å². The molecular weight excluding hydrogens is 401 g/mol. The van der Waals surface area contributed by atoms with Crippen LogP contribution in [0.4, 0.5) is 5.69 Å². The Labute approximate surface area is 141 Å². The van der Waals surface area contributed by atoms with E-state index in [-0.39, 0.29) is 12.5 Å². The summed E-state index contributed by atoms with van der Waals surface area (Å²) >= 11 is 8.20.